The van der Waals surface area contributed by atoms with Crippen molar-refractivity contribution in [2.24, 2.45) is 5.73 Å². The van der Waals surface area contributed by atoms with E-state index in [2.05, 4.69) is 45.5 Å². The molecule has 0 spiro atoms. The number of nitrogens with two attached hydrogens (primary N) is 1. The van der Waals surface area contributed by atoms with E-state index in [1.807, 2.05) is 0 Å². The van der Waals surface area contributed by atoms with Crippen LogP contribution >= 0.6 is 28.3 Å². The van der Waals surface area contributed by atoms with Crippen LogP contribution in [0.15, 0.2) is 28.7 Å². The SMILES string of the molecule is Cl.NC1(C(=O)NCC2(c3ccc(Br)cc3)CCC2)CC1. The van der Waals surface area contributed by atoms with E-state index in [4.69, 9.17) is 5.73 Å². The van der Waals surface area contributed by atoms with E-state index in [0.717, 1.165) is 30.2 Å². The van der Waals surface area contributed by atoms with Crippen LogP contribution in [0.2, 0.25) is 0 Å². The average molecular weight is 360 g/mol. The van der Waals surface area contributed by atoms with Crippen LogP contribution in [0.4, 0.5) is 0 Å². The molecule has 0 heterocycles. The number of benzene rings is 1. The van der Waals surface area contributed by atoms with Gasteiger partial charge in [-0.1, -0.05) is 34.5 Å². The Morgan fingerprint density at radius 1 is 1.20 bits per heavy atom. The smallest absolute Gasteiger partial charge is 0.240 e. The molecule has 0 bridgehead atoms. The molecule has 2 aliphatic carbocycles. The highest BCUT2D eigenvalue weighted by Gasteiger charge is 2.47. The van der Waals surface area contributed by atoms with Crippen molar-refractivity contribution >= 4 is 34.2 Å². The van der Waals surface area contributed by atoms with E-state index in [0.29, 0.717) is 6.54 Å². The Bertz CT molecular complexity index is 495. The minimum atomic E-state index is -0.565. The number of rotatable bonds is 4. The summed E-state index contributed by atoms with van der Waals surface area (Å²) in [5.41, 5.74) is 6.80. The van der Waals surface area contributed by atoms with Crippen molar-refractivity contribution in [3.63, 3.8) is 0 Å². The maximum atomic E-state index is 12.0. The molecule has 0 atom stereocenters. The van der Waals surface area contributed by atoms with E-state index in [-0.39, 0.29) is 23.7 Å². The van der Waals surface area contributed by atoms with Crippen LogP contribution in [0, 0.1) is 0 Å². The van der Waals surface area contributed by atoms with Crippen molar-refractivity contribution in [1.29, 1.82) is 0 Å². The zero-order chi connectivity index (χ0) is 13.5. The molecule has 0 aliphatic heterocycles. The number of hydrogen-bond acceptors (Lipinski definition) is 2. The molecule has 5 heteroatoms. The van der Waals surface area contributed by atoms with E-state index in [1.54, 1.807) is 0 Å². The molecule has 2 aliphatic rings. The molecular formula is C15H20BrClN2O. The number of halogens is 2. The van der Waals surface area contributed by atoms with Gasteiger partial charge in [-0.25, -0.2) is 0 Å². The Kier molecular flexibility index (Phi) is 4.47. The molecule has 0 saturated heterocycles. The molecule has 0 unspecified atom stereocenters. The summed E-state index contributed by atoms with van der Waals surface area (Å²) in [4.78, 5) is 12.0. The van der Waals surface area contributed by atoms with Crippen LogP contribution in [0.25, 0.3) is 0 Å². The third kappa shape index (κ3) is 2.87. The first-order valence-electron chi connectivity index (χ1n) is 6.87. The van der Waals surface area contributed by atoms with Crippen LogP contribution in [-0.2, 0) is 10.2 Å². The number of amides is 1. The van der Waals surface area contributed by atoms with Crippen molar-refractivity contribution < 1.29 is 4.79 Å². The Hall–Kier alpha value is -0.580. The summed E-state index contributed by atoms with van der Waals surface area (Å²) in [7, 11) is 0. The minimum absolute atomic E-state index is 0. The molecule has 3 rings (SSSR count). The van der Waals surface area contributed by atoms with Gasteiger partial charge in [0, 0.05) is 16.4 Å². The van der Waals surface area contributed by atoms with Crippen molar-refractivity contribution in [3.05, 3.63) is 34.3 Å². The van der Waals surface area contributed by atoms with E-state index in [9.17, 15) is 4.79 Å². The molecular weight excluding hydrogens is 340 g/mol. The van der Waals surface area contributed by atoms with Crippen LogP contribution in [0.1, 0.15) is 37.7 Å². The van der Waals surface area contributed by atoms with Gasteiger partial charge in [-0.05, 0) is 43.4 Å². The van der Waals surface area contributed by atoms with E-state index in [1.165, 1.54) is 12.0 Å². The fourth-order valence-corrected chi connectivity index (χ4v) is 3.03. The third-order valence-electron chi connectivity index (χ3n) is 4.60. The summed E-state index contributed by atoms with van der Waals surface area (Å²) in [6, 6.07) is 8.46. The minimum Gasteiger partial charge on any atom is -0.354 e. The van der Waals surface area contributed by atoms with Crippen LogP contribution in [-0.4, -0.2) is 18.0 Å². The van der Waals surface area contributed by atoms with Gasteiger partial charge in [-0.2, -0.15) is 0 Å². The molecule has 1 aromatic carbocycles. The van der Waals surface area contributed by atoms with Gasteiger partial charge >= 0.3 is 0 Å². The zero-order valence-corrected chi connectivity index (χ0v) is 13.7. The molecule has 0 radical (unpaired) electrons. The molecule has 1 amide bonds. The lowest BCUT2D eigenvalue weighted by atomic mass is 9.64. The lowest BCUT2D eigenvalue weighted by Gasteiger charge is -2.43. The van der Waals surface area contributed by atoms with Crippen molar-refractivity contribution in [2.75, 3.05) is 6.54 Å². The summed E-state index contributed by atoms with van der Waals surface area (Å²) in [5.74, 6) is 0.0240. The van der Waals surface area contributed by atoms with Gasteiger partial charge in [0.25, 0.3) is 0 Å². The monoisotopic (exact) mass is 358 g/mol. The second kappa shape index (κ2) is 5.66. The average Bonchev–Trinajstić information content (AvgIpc) is 3.09. The van der Waals surface area contributed by atoms with Crippen molar-refractivity contribution in [1.82, 2.24) is 5.32 Å². The van der Waals surface area contributed by atoms with Gasteiger partial charge in [-0.15, -0.1) is 12.4 Å². The lowest BCUT2D eigenvalue weighted by molar-refractivity contribution is -0.123. The van der Waals surface area contributed by atoms with E-state index >= 15 is 0 Å². The largest absolute Gasteiger partial charge is 0.354 e. The van der Waals surface area contributed by atoms with E-state index < -0.39 is 5.54 Å². The van der Waals surface area contributed by atoms with Crippen LogP contribution in [0.5, 0.6) is 0 Å². The first kappa shape index (κ1) is 15.8. The van der Waals surface area contributed by atoms with Gasteiger partial charge in [0.05, 0.1) is 5.54 Å². The molecule has 20 heavy (non-hydrogen) atoms. The van der Waals surface area contributed by atoms with Crippen LogP contribution < -0.4 is 11.1 Å². The highest BCUT2D eigenvalue weighted by molar-refractivity contribution is 9.10. The highest BCUT2D eigenvalue weighted by Crippen LogP contribution is 2.43. The summed E-state index contributed by atoms with van der Waals surface area (Å²) >= 11 is 3.46. The maximum absolute atomic E-state index is 12.0. The van der Waals surface area contributed by atoms with Gasteiger partial charge in [-0.3, -0.25) is 4.79 Å². The molecule has 2 fully saturated rings. The Morgan fingerprint density at radius 3 is 2.25 bits per heavy atom. The Balaban J connectivity index is 0.00000147. The Morgan fingerprint density at radius 2 is 1.80 bits per heavy atom. The van der Waals surface area contributed by atoms with Crippen molar-refractivity contribution in [2.45, 2.75) is 43.1 Å². The van der Waals surface area contributed by atoms with Gasteiger partial charge in [0.1, 0.15) is 0 Å². The second-order valence-electron chi connectivity index (χ2n) is 5.98. The number of carbonyl (C=O) groups is 1. The number of hydrogen-bond donors (Lipinski definition) is 2. The quantitative estimate of drug-likeness (QED) is 0.868. The summed E-state index contributed by atoms with van der Waals surface area (Å²) < 4.78 is 1.09. The normalized spacial score (nSPS) is 21.3. The number of nitrogens with one attached hydrogen (secondary N) is 1. The summed E-state index contributed by atoms with van der Waals surface area (Å²) in [6.07, 6.45) is 5.17. The van der Waals surface area contributed by atoms with Gasteiger partial charge in [0.2, 0.25) is 5.91 Å². The summed E-state index contributed by atoms with van der Waals surface area (Å²) in [6.45, 7) is 0.715. The molecule has 1 aromatic rings. The molecule has 110 valence electrons. The Labute approximate surface area is 134 Å². The maximum Gasteiger partial charge on any atom is 0.240 e. The first-order chi connectivity index (χ1) is 9.04. The molecule has 2 saturated carbocycles. The standard InChI is InChI=1S/C15H19BrN2O.ClH/c16-12-4-2-11(3-5-12)14(6-1-7-14)10-18-13(19)15(17)8-9-15;/h2-5H,1,6-10,17H2,(H,18,19);1H. The van der Waals surface area contributed by atoms with Crippen LogP contribution in [0.3, 0.4) is 0 Å². The van der Waals surface area contributed by atoms with Crippen molar-refractivity contribution in [3.8, 4) is 0 Å². The summed E-state index contributed by atoms with van der Waals surface area (Å²) in [5, 5.41) is 3.07. The molecule has 3 nitrogen and oxygen atoms in total. The first-order valence-corrected chi connectivity index (χ1v) is 7.67. The second-order valence-corrected chi connectivity index (χ2v) is 6.90. The van der Waals surface area contributed by atoms with Gasteiger partial charge < -0.3 is 11.1 Å². The zero-order valence-electron chi connectivity index (χ0n) is 11.3. The number of carbonyl (C=O) groups excluding carboxylic acids is 1. The fourth-order valence-electron chi connectivity index (χ4n) is 2.76. The third-order valence-corrected chi connectivity index (χ3v) is 5.12. The molecule has 3 N–H and O–H groups in total. The van der Waals surface area contributed by atoms with Gasteiger partial charge in [0.15, 0.2) is 0 Å². The topological polar surface area (TPSA) is 55.1 Å². The lowest BCUT2D eigenvalue weighted by Crippen LogP contribution is -2.50. The fraction of sp³-hybridized carbons (Fsp3) is 0.533. The predicted octanol–water partition coefficient (Wildman–Crippen LogP) is 2.90. The highest BCUT2D eigenvalue weighted by atomic mass is 79.9. The predicted molar refractivity (Wildman–Crippen MR) is 86.1 cm³/mol. The molecule has 0 aromatic heterocycles.